The largest absolute Gasteiger partial charge is 0.282 e. The van der Waals surface area contributed by atoms with Gasteiger partial charge in [-0.15, -0.1) is 0 Å². The zero-order chi connectivity index (χ0) is 13.2. The molecule has 1 aromatic carbocycles. The fourth-order valence-electron chi connectivity index (χ4n) is 2.44. The minimum Gasteiger partial charge on any atom is -0.282 e. The first kappa shape index (κ1) is 11.9. The summed E-state index contributed by atoms with van der Waals surface area (Å²) < 4.78 is 0. The van der Waals surface area contributed by atoms with Crippen LogP contribution < -0.4 is 0 Å². The van der Waals surface area contributed by atoms with Crippen LogP contribution in [-0.2, 0) is 12.8 Å². The van der Waals surface area contributed by atoms with Crippen LogP contribution in [0.3, 0.4) is 0 Å². The Labute approximate surface area is 112 Å². The van der Waals surface area contributed by atoms with Crippen LogP contribution in [0.25, 0.3) is 10.9 Å². The number of hydrogen-bond acceptors (Lipinski definition) is 2. The van der Waals surface area contributed by atoms with Gasteiger partial charge >= 0.3 is 0 Å². The zero-order valence-electron chi connectivity index (χ0n) is 11.3. The van der Waals surface area contributed by atoms with Crippen LogP contribution in [0.2, 0.25) is 0 Å². The van der Waals surface area contributed by atoms with Gasteiger partial charge in [0.25, 0.3) is 0 Å². The predicted molar refractivity (Wildman–Crippen MR) is 77.3 cm³/mol. The van der Waals surface area contributed by atoms with E-state index in [0.29, 0.717) is 0 Å². The fraction of sp³-hybridized carbons (Fsp3) is 0.250. The molecule has 0 saturated carbocycles. The van der Waals surface area contributed by atoms with E-state index in [1.54, 1.807) is 0 Å². The van der Waals surface area contributed by atoms with Gasteiger partial charge in [0.05, 0.1) is 5.52 Å². The van der Waals surface area contributed by atoms with E-state index in [4.69, 9.17) is 0 Å². The maximum absolute atomic E-state index is 4.51. The summed E-state index contributed by atoms with van der Waals surface area (Å²) in [6.45, 7) is 4.22. The zero-order valence-corrected chi connectivity index (χ0v) is 11.3. The monoisotopic (exact) mass is 251 g/mol. The average Bonchev–Trinajstić information content (AvgIpc) is 2.81. The summed E-state index contributed by atoms with van der Waals surface area (Å²) >= 11 is 0. The summed E-state index contributed by atoms with van der Waals surface area (Å²) in [6.07, 6.45) is 3.77. The van der Waals surface area contributed by atoms with Crippen LogP contribution >= 0.6 is 0 Å². The lowest BCUT2D eigenvalue weighted by Crippen LogP contribution is -1.97. The Hall–Kier alpha value is -2.16. The standard InChI is InChI=1S/C16H17N3/c1-3-13-5-4-8-17-16(13)10-12-6-7-15-14(9-12)11(2)18-19-15/h4-9H,3,10H2,1-2H3,(H,18,19). The maximum atomic E-state index is 4.51. The Balaban J connectivity index is 1.98. The number of aryl methyl sites for hydroxylation is 2. The van der Waals surface area contributed by atoms with Gasteiger partial charge in [-0.2, -0.15) is 5.10 Å². The molecule has 2 heterocycles. The third-order valence-electron chi connectivity index (χ3n) is 3.55. The van der Waals surface area contributed by atoms with Gasteiger partial charge in [-0.05, 0) is 42.7 Å². The van der Waals surface area contributed by atoms with Gasteiger partial charge in [-0.3, -0.25) is 10.1 Å². The number of pyridine rings is 1. The third-order valence-corrected chi connectivity index (χ3v) is 3.55. The van der Waals surface area contributed by atoms with E-state index in [9.17, 15) is 0 Å². The Bertz CT molecular complexity index is 713. The van der Waals surface area contributed by atoms with Crippen LogP contribution in [0.4, 0.5) is 0 Å². The van der Waals surface area contributed by atoms with Crippen LogP contribution in [0.1, 0.15) is 29.4 Å². The lowest BCUT2D eigenvalue weighted by molar-refractivity contribution is 0.989. The molecule has 19 heavy (non-hydrogen) atoms. The van der Waals surface area contributed by atoms with Gasteiger partial charge in [0.1, 0.15) is 0 Å². The van der Waals surface area contributed by atoms with E-state index >= 15 is 0 Å². The summed E-state index contributed by atoms with van der Waals surface area (Å²) in [5.41, 5.74) is 5.92. The Morgan fingerprint density at radius 2 is 2.11 bits per heavy atom. The summed E-state index contributed by atoms with van der Waals surface area (Å²) in [6, 6.07) is 10.6. The smallest absolute Gasteiger partial charge is 0.0923 e. The molecule has 3 aromatic rings. The topological polar surface area (TPSA) is 41.6 Å². The van der Waals surface area contributed by atoms with E-state index in [1.807, 2.05) is 12.3 Å². The number of nitrogens with zero attached hydrogens (tertiary/aromatic N) is 2. The summed E-state index contributed by atoms with van der Waals surface area (Å²) in [4.78, 5) is 4.51. The minimum atomic E-state index is 0.880. The summed E-state index contributed by atoms with van der Waals surface area (Å²) in [5.74, 6) is 0. The van der Waals surface area contributed by atoms with Crippen molar-refractivity contribution in [1.82, 2.24) is 15.2 Å². The molecule has 0 amide bonds. The highest BCUT2D eigenvalue weighted by atomic mass is 15.1. The second-order valence-corrected chi connectivity index (χ2v) is 4.84. The lowest BCUT2D eigenvalue weighted by atomic mass is 10.0. The van der Waals surface area contributed by atoms with E-state index in [2.05, 4.69) is 53.3 Å². The number of H-pyrrole nitrogens is 1. The molecule has 3 nitrogen and oxygen atoms in total. The van der Waals surface area contributed by atoms with Crippen molar-refractivity contribution >= 4 is 10.9 Å². The van der Waals surface area contributed by atoms with E-state index in [-0.39, 0.29) is 0 Å². The van der Waals surface area contributed by atoms with Gasteiger partial charge in [0.15, 0.2) is 0 Å². The number of hydrogen-bond donors (Lipinski definition) is 1. The molecule has 2 aromatic heterocycles. The van der Waals surface area contributed by atoms with Crippen molar-refractivity contribution in [1.29, 1.82) is 0 Å². The lowest BCUT2D eigenvalue weighted by Gasteiger charge is -2.06. The normalized spacial score (nSPS) is 11.1. The highest BCUT2D eigenvalue weighted by Gasteiger charge is 2.06. The van der Waals surface area contributed by atoms with Crippen molar-refractivity contribution in [2.24, 2.45) is 0 Å². The van der Waals surface area contributed by atoms with Gasteiger partial charge < -0.3 is 0 Å². The van der Waals surface area contributed by atoms with Crippen LogP contribution in [0, 0.1) is 6.92 Å². The van der Waals surface area contributed by atoms with Gasteiger partial charge in [-0.25, -0.2) is 0 Å². The van der Waals surface area contributed by atoms with E-state index in [1.165, 1.54) is 22.2 Å². The Morgan fingerprint density at radius 3 is 2.95 bits per heavy atom. The molecule has 0 radical (unpaired) electrons. The van der Waals surface area contributed by atoms with Crippen molar-refractivity contribution < 1.29 is 0 Å². The number of fused-ring (bicyclic) bond motifs is 1. The molecule has 0 atom stereocenters. The summed E-state index contributed by atoms with van der Waals surface area (Å²) in [7, 11) is 0. The maximum Gasteiger partial charge on any atom is 0.0923 e. The van der Waals surface area contributed by atoms with Gasteiger partial charge in [0.2, 0.25) is 0 Å². The highest BCUT2D eigenvalue weighted by Crippen LogP contribution is 2.19. The van der Waals surface area contributed by atoms with Crippen LogP contribution in [0.15, 0.2) is 36.5 Å². The SMILES string of the molecule is CCc1cccnc1Cc1ccc2n[nH]c(C)c2c1. The first-order valence-corrected chi connectivity index (χ1v) is 6.64. The quantitative estimate of drug-likeness (QED) is 0.775. The van der Waals surface area contributed by atoms with Crippen molar-refractivity contribution in [3.63, 3.8) is 0 Å². The highest BCUT2D eigenvalue weighted by molar-refractivity contribution is 5.81. The molecule has 0 saturated heterocycles. The molecule has 0 aliphatic heterocycles. The molecule has 0 aliphatic rings. The molecule has 0 spiro atoms. The number of benzene rings is 1. The van der Waals surface area contributed by atoms with Crippen molar-refractivity contribution in [3.05, 3.63) is 59.0 Å². The summed E-state index contributed by atoms with van der Waals surface area (Å²) in [5, 5.41) is 8.48. The molecule has 0 bridgehead atoms. The van der Waals surface area contributed by atoms with Crippen molar-refractivity contribution in [2.45, 2.75) is 26.7 Å². The second-order valence-electron chi connectivity index (χ2n) is 4.84. The molecule has 0 unspecified atom stereocenters. The molecule has 0 aliphatic carbocycles. The molecular weight excluding hydrogens is 234 g/mol. The number of rotatable bonds is 3. The number of nitrogens with one attached hydrogen (secondary N) is 1. The van der Waals surface area contributed by atoms with E-state index < -0.39 is 0 Å². The first-order chi connectivity index (χ1) is 9.28. The van der Waals surface area contributed by atoms with E-state index in [0.717, 1.165) is 24.1 Å². The molecule has 96 valence electrons. The second kappa shape index (κ2) is 4.84. The van der Waals surface area contributed by atoms with Gasteiger partial charge in [0, 0.05) is 29.4 Å². The Kier molecular flexibility index (Phi) is 3.03. The van der Waals surface area contributed by atoms with Crippen LogP contribution in [-0.4, -0.2) is 15.2 Å². The average molecular weight is 251 g/mol. The van der Waals surface area contributed by atoms with Crippen LogP contribution in [0.5, 0.6) is 0 Å². The van der Waals surface area contributed by atoms with Gasteiger partial charge in [-0.1, -0.05) is 19.1 Å². The first-order valence-electron chi connectivity index (χ1n) is 6.64. The Morgan fingerprint density at radius 1 is 1.21 bits per heavy atom. The number of aromatic amines is 1. The van der Waals surface area contributed by atoms with Crippen molar-refractivity contribution in [2.75, 3.05) is 0 Å². The molecule has 3 heteroatoms. The molecule has 3 rings (SSSR count). The fourth-order valence-corrected chi connectivity index (χ4v) is 2.44. The number of aromatic nitrogens is 3. The molecular formula is C16H17N3. The predicted octanol–water partition coefficient (Wildman–Crippen LogP) is 3.42. The minimum absolute atomic E-state index is 0.880. The third kappa shape index (κ3) is 2.24. The molecule has 0 fully saturated rings. The molecule has 1 N–H and O–H groups in total. The van der Waals surface area contributed by atoms with Crippen molar-refractivity contribution in [3.8, 4) is 0 Å².